The van der Waals surface area contributed by atoms with E-state index in [-0.39, 0.29) is 6.10 Å². The Balaban J connectivity index is 1.87. The van der Waals surface area contributed by atoms with Crippen molar-refractivity contribution in [3.05, 3.63) is 0 Å². The minimum atomic E-state index is -0.0887. The van der Waals surface area contributed by atoms with Crippen molar-refractivity contribution < 1.29 is 5.11 Å². The minimum Gasteiger partial charge on any atom is -0.391 e. The highest BCUT2D eigenvalue weighted by atomic mass is 16.3. The molecule has 2 rings (SSSR count). The number of hydrogen-bond acceptors (Lipinski definition) is 2. The van der Waals surface area contributed by atoms with Crippen LogP contribution < -0.4 is 0 Å². The van der Waals surface area contributed by atoms with Crippen LogP contribution in [0.25, 0.3) is 0 Å². The number of hydrogen-bond donors (Lipinski definition) is 1. The Morgan fingerprint density at radius 1 is 0.895 bits per heavy atom. The third-order valence-corrected chi connectivity index (χ3v) is 5.69. The second-order valence-corrected chi connectivity index (χ2v) is 6.87. The summed E-state index contributed by atoms with van der Waals surface area (Å²) < 4.78 is 0. The lowest BCUT2D eigenvalue weighted by molar-refractivity contribution is 0.0114. The Bertz CT molecular complexity index is 248. The summed E-state index contributed by atoms with van der Waals surface area (Å²) in [6.07, 6.45) is 14.2. The van der Waals surface area contributed by atoms with Gasteiger partial charge in [-0.1, -0.05) is 39.0 Å². The van der Waals surface area contributed by atoms with Crippen LogP contribution in [0.1, 0.15) is 77.6 Å². The Hall–Kier alpha value is -0.0800. The van der Waals surface area contributed by atoms with E-state index in [0.717, 1.165) is 18.4 Å². The molecule has 2 fully saturated rings. The van der Waals surface area contributed by atoms with Crippen LogP contribution in [0.2, 0.25) is 0 Å². The van der Waals surface area contributed by atoms with Gasteiger partial charge in [0.05, 0.1) is 6.10 Å². The molecule has 0 radical (unpaired) electrons. The molecule has 0 amide bonds. The fourth-order valence-corrected chi connectivity index (χ4v) is 4.15. The summed E-state index contributed by atoms with van der Waals surface area (Å²) in [4.78, 5) is 2.54. The molecule has 1 N–H and O–H groups in total. The highest BCUT2D eigenvalue weighted by Crippen LogP contribution is 2.32. The fraction of sp³-hybridized carbons (Fsp3) is 1.00. The van der Waals surface area contributed by atoms with E-state index >= 15 is 0 Å². The first-order chi connectivity index (χ1) is 9.22. The lowest BCUT2D eigenvalue weighted by atomic mass is 9.82. The van der Waals surface area contributed by atoms with Crippen molar-refractivity contribution in [3.8, 4) is 0 Å². The van der Waals surface area contributed by atoms with Gasteiger partial charge >= 0.3 is 0 Å². The predicted octanol–water partition coefficient (Wildman–Crippen LogP) is 3.97. The third kappa shape index (κ3) is 4.19. The molecule has 0 aromatic rings. The van der Waals surface area contributed by atoms with Gasteiger partial charge in [0.15, 0.2) is 0 Å². The molecule has 2 unspecified atom stereocenters. The van der Waals surface area contributed by atoms with Gasteiger partial charge in [0.2, 0.25) is 0 Å². The zero-order valence-electron chi connectivity index (χ0n) is 13.0. The van der Waals surface area contributed by atoms with Gasteiger partial charge in [0.25, 0.3) is 0 Å². The standard InChI is InChI=1S/C17H33NO/c1-3-14-10-12-15(13-11-14)18(2)16-8-6-4-5-7-9-17(16)19/h14-17,19H,3-13H2,1-2H3. The molecule has 0 aliphatic heterocycles. The zero-order chi connectivity index (χ0) is 13.7. The maximum absolute atomic E-state index is 10.4. The van der Waals surface area contributed by atoms with Crippen LogP contribution in [0.5, 0.6) is 0 Å². The second-order valence-electron chi connectivity index (χ2n) is 6.87. The number of aliphatic hydroxyl groups is 1. The first-order valence-electron chi connectivity index (χ1n) is 8.62. The molecular formula is C17H33NO. The molecule has 0 aromatic carbocycles. The average Bonchev–Trinajstić information content (AvgIpc) is 2.43. The SMILES string of the molecule is CCC1CCC(N(C)C2CCCCCCC2O)CC1. The Morgan fingerprint density at radius 3 is 2.16 bits per heavy atom. The van der Waals surface area contributed by atoms with Gasteiger partial charge in [-0.05, 0) is 51.5 Å². The minimum absolute atomic E-state index is 0.0887. The van der Waals surface area contributed by atoms with Gasteiger partial charge in [0.1, 0.15) is 0 Å². The topological polar surface area (TPSA) is 23.5 Å². The summed E-state index contributed by atoms with van der Waals surface area (Å²) in [5, 5.41) is 10.4. The Morgan fingerprint density at radius 2 is 1.53 bits per heavy atom. The van der Waals surface area contributed by atoms with E-state index in [9.17, 15) is 5.11 Å². The molecule has 2 saturated carbocycles. The van der Waals surface area contributed by atoms with E-state index < -0.39 is 0 Å². The van der Waals surface area contributed by atoms with E-state index in [1.807, 2.05) is 0 Å². The van der Waals surface area contributed by atoms with Crippen LogP contribution in [0.15, 0.2) is 0 Å². The predicted molar refractivity (Wildman–Crippen MR) is 81.3 cm³/mol. The molecule has 0 saturated heterocycles. The highest BCUT2D eigenvalue weighted by Gasteiger charge is 2.31. The molecule has 112 valence electrons. The quantitative estimate of drug-likeness (QED) is 0.836. The van der Waals surface area contributed by atoms with E-state index in [1.165, 1.54) is 64.2 Å². The van der Waals surface area contributed by atoms with Crippen molar-refractivity contribution in [1.82, 2.24) is 4.90 Å². The van der Waals surface area contributed by atoms with Crippen LogP contribution in [0, 0.1) is 5.92 Å². The summed E-state index contributed by atoms with van der Waals surface area (Å²) in [5.41, 5.74) is 0. The molecule has 2 nitrogen and oxygen atoms in total. The molecule has 2 atom stereocenters. The van der Waals surface area contributed by atoms with Gasteiger partial charge in [0, 0.05) is 12.1 Å². The normalized spacial score (nSPS) is 37.9. The van der Waals surface area contributed by atoms with Gasteiger partial charge in [-0.2, -0.15) is 0 Å². The zero-order valence-corrected chi connectivity index (χ0v) is 13.0. The van der Waals surface area contributed by atoms with Crippen LogP contribution >= 0.6 is 0 Å². The smallest absolute Gasteiger partial charge is 0.0695 e. The van der Waals surface area contributed by atoms with Crippen LogP contribution in [-0.2, 0) is 0 Å². The maximum Gasteiger partial charge on any atom is 0.0695 e. The fourth-order valence-electron chi connectivity index (χ4n) is 4.15. The second kappa shape index (κ2) is 7.64. The first-order valence-corrected chi connectivity index (χ1v) is 8.62. The molecule has 0 heterocycles. The van der Waals surface area contributed by atoms with Gasteiger partial charge < -0.3 is 5.11 Å². The van der Waals surface area contributed by atoms with Crippen LogP contribution in [0.4, 0.5) is 0 Å². The van der Waals surface area contributed by atoms with Crippen LogP contribution in [-0.4, -0.2) is 35.2 Å². The number of nitrogens with zero attached hydrogens (tertiary/aromatic N) is 1. The van der Waals surface area contributed by atoms with E-state index in [4.69, 9.17) is 0 Å². The maximum atomic E-state index is 10.4. The highest BCUT2D eigenvalue weighted by molar-refractivity contribution is 4.86. The first kappa shape index (κ1) is 15.3. The molecule has 2 aliphatic rings. The largest absolute Gasteiger partial charge is 0.391 e. The van der Waals surface area contributed by atoms with Gasteiger partial charge in [-0.15, -0.1) is 0 Å². The third-order valence-electron chi connectivity index (χ3n) is 5.69. The average molecular weight is 267 g/mol. The summed E-state index contributed by atoms with van der Waals surface area (Å²) in [6.45, 7) is 2.33. The van der Waals surface area contributed by atoms with Crippen molar-refractivity contribution in [2.45, 2.75) is 95.7 Å². The van der Waals surface area contributed by atoms with Crippen molar-refractivity contribution in [2.75, 3.05) is 7.05 Å². The summed E-state index contributed by atoms with van der Waals surface area (Å²) in [5.74, 6) is 0.965. The molecule has 19 heavy (non-hydrogen) atoms. The number of aliphatic hydroxyl groups excluding tert-OH is 1. The van der Waals surface area contributed by atoms with E-state index in [2.05, 4.69) is 18.9 Å². The number of rotatable bonds is 3. The van der Waals surface area contributed by atoms with Crippen molar-refractivity contribution in [2.24, 2.45) is 5.92 Å². The summed E-state index contributed by atoms with van der Waals surface area (Å²) >= 11 is 0. The number of likely N-dealkylation sites (N-methyl/N-ethyl adjacent to an activating group) is 1. The summed E-state index contributed by atoms with van der Waals surface area (Å²) in [6, 6.07) is 1.14. The van der Waals surface area contributed by atoms with E-state index in [0.29, 0.717) is 6.04 Å². The van der Waals surface area contributed by atoms with E-state index in [1.54, 1.807) is 0 Å². The van der Waals surface area contributed by atoms with Crippen molar-refractivity contribution in [3.63, 3.8) is 0 Å². The molecular weight excluding hydrogens is 234 g/mol. The molecule has 2 aliphatic carbocycles. The van der Waals surface area contributed by atoms with Crippen LogP contribution in [0.3, 0.4) is 0 Å². The molecule has 0 aromatic heterocycles. The van der Waals surface area contributed by atoms with Gasteiger partial charge in [-0.25, -0.2) is 0 Å². The lowest BCUT2D eigenvalue weighted by Gasteiger charge is -2.41. The molecule has 2 heteroatoms. The van der Waals surface area contributed by atoms with Gasteiger partial charge in [-0.3, -0.25) is 4.90 Å². The molecule has 0 spiro atoms. The monoisotopic (exact) mass is 267 g/mol. The van der Waals surface area contributed by atoms with Crippen molar-refractivity contribution in [1.29, 1.82) is 0 Å². The lowest BCUT2D eigenvalue weighted by Crippen LogP contribution is -2.48. The molecule has 0 bridgehead atoms. The Kier molecular flexibility index (Phi) is 6.15. The summed E-state index contributed by atoms with van der Waals surface area (Å²) in [7, 11) is 2.27. The van der Waals surface area contributed by atoms with Crippen molar-refractivity contribution >= 4 is 0 Å². The Labute approximate surface area is 119 Å².